The lowest BCUT2D eigenvalue weighted by Gasteiger charge is -2.20. The first-order valence-corrected chi connectivity index (χ1v) is 9.32. The minimum absolute atomic E-state index is 0.107. The van der Waals surface area contributed by atoms with E-state index in [0.717, 1.165) is 11.3 Å². The molecule has 0 fully saturated rings. The van der Waals surface area contributed by atoms with Gasteiger partial charge in [-0.05, 0) is 46.9 Å². The fourth-order valence-electron chi connectivity index (χ4n) is 2.53. The van der Waals surface area contributed by atoms with Crippen LogP contribution in [0.25, 0.3) is 6.08 Å². The average Bonchev–Trinajstić information content (AvgIpc) is 2.66. The number of nitrogens with one attached hydrogen (secondary N) is 1. The smallest absolute Gasteiger partial charge is 0.330 e. The third kappa shape index (κ3) is 7.08. The highest BCUT2D eigenvalue weighted by molar-refractivity contribution is 5.86. The molecule has 5 nitrogen and oxygen atoms in total. The molecule has 5 heteroatoms. The number of methoxy groups -OCH3 is 1. The zero-order chi connectivity index (χ0) is 20.6. The van der Waals surface area contributed by atoms with Gasteiger partial charge in [-0.1, -0.05) is 45.0 Å². The Morgan fingerprint density at radius 3 is 2.32 bits per heavy atom. The molecule has 150 valence electrons. The normalized spacial score (nSPS) is 12.6. The van der Waals surface area contributed by atoms with Crippen molar-refractivity contribution >= 4 is 17.7 Å². The van der Waals surface area contributed by atoms with Gasteiger partial charge in [-0.2, -0.15) is 0 Å². The Labute approximate surface area is 167 Å². The second kappa shape index (κ2) is 9.95. The predicted octanol–water partition coefficient (Wildman–Crippen LogP) is 4.37. The molecule has 2 aromatic carbocycles. The molecule has 2 N–H and O–H groups in total. The van der Waals surface area contributed by atoms with Crippen LogP contribution in [0.2, 0.25) is 0 Å². The number of carbonyl (C=O) groups is 1. The summed E-state index contributed by atoms with van der Waals surface area (Å²) in [4.78, 5) is 11.1. The minimum Gasteiger partial charge on any atom is -0.493 e. The van der Waals surface area contributed by atoms with E-state index >= 15 is 0 Å². The summed E-state index contributed by atoms with van der Waals surface area (Å²) in [7, 11) is 1.34. The summed E-state index contributed by atoms with van der Waals surface area (Å²) in [6.07, 6.45) is 2.80. The number of benzene rings is 2. The first-order valence-electron chi connectivity index (χ1n) is 9.32. The minimum atomic E-state index is -0.692. The van der Waals surface area contributed by atoms with Crippen molar-refractivity contribution in [3.8, 4) is 5.75 Å². The average molecular weight is 383 g/mol. The lowest BCUT2D eigenvalue weighted by atomic mass is 9.87. The van der Waals surface area contributed by atoms with Gasteiger partial charge in [0, 0.05) is 18.2 Å². The van der Waals surface area contributed by atoms with Gasteiger partial charge in [-0.25, -0.2) is 4.79 Å². The highest BCUT2D eigenvalue weighted by Crippen LogP contribution is 2.23. The second-order valence-electron chi connectivity index (χ2n) is 7.55. The molecule has 0 amide bonds. The van der Waals surface area contributed by atoms with E-state index in [1.165, 1.54) is 18.7 Å². The van der Waals surface area contributed by atoms with Gasteiger partial charge in [-0.3, -0.25) is 0 Å². The van der Waals surface area contributed by atoms with E-state index in [1.54, 1.807) is 6.08 Å². The van der Waals surface area contributed by atoms with Crippen molar-refractivity contribution in [2.75, 3.05) is 19.0 Å². The van der Waals surface area contributed by atoms with Crippen LogP contribution in [0, 0.1) is 0 Å². The van der Waals surface area contributed by atoms with Crippen LogP contribution >= 0.6 is 0 Å². The molecular weight excluding hydrogens is 354 g/mol. The van der Waals surface area contributed by atoms with E-state index in [0.29, 0.717) is 18.8 Å². The molecule has 2 rings (SSSR count). The molecule has 0 radical (unpaired) electrons. The Hall–Kier alpha value is -2.79. The molecule has 28 heavy (non-hydrogen) atoms. The van der Waals surface area contributed by atoms with Gasteiger partial charge in [-0.15, -0.1) is 0 Å². The molecule has 0 aliphatic carbocycles. The third-order valence-corrected chi connectivity index (χ3v) is 4.24. The summed E-state index contributed by atoms with van der Waals surface area (Å²) < 4.78 is 10.2. The van der Waals surface area contributed by atoms with Gasteiger partial charge in [0.15, 0.2) is 0 Å². The summed E-state index contributed by atoms with van der Waals surface area (Å²) in [5, 5.41) is 13.2. The quantitative estimate of drug-likeness (QED) is 0.402. The number of carbonyl (C=O) groups excluding carboxylic acids is 1. The molecule has 0 heterocycles. The van der Waals surface area contributed by atoms with Gasteiger partial charge in [0.2, 0.25) is 0 Å². The Morgan fingerprint density at radius 1 is 1.11 bits per heavy atom. The predicted molar refractivity (Wildman–Crippen MR) is 112 cm³/mol. The lowest BCUT2D eigenvalue weighted by Crippen LogP contribution is -2.21. The maximum Gasteiger partial charge on any atom is 0.330 e. The van der Waals surface area contributed by atoms with Crippen LogP contribution in [-0.4, -0.2) is 31.0 Å². The third-order valence-electron chi connectivity index (χ3n) is 4.24. The zero-order valence-corrected chi connectivity index (χ0v) is 16.9. The Bertz CT molecular complexity index is 774. The number of aliphatic hydroxyl groups is 1. The number of hydrogen-bond acceptors (Lipinski definition) is 5. The molecule has 0 aromatic heterocycles. The molecular formula is C23H29NO4. The molecule has 0 saturated heterocycles. The first kappa shape index (κ1) is 21.5. The summed E-state index contributed by atoms with van der Waals surface area (Å²) >= 11 is 0. The Morgan fingerprint density at radius 2 is 1.75 bits per heavy atom. The van der Waals surface area contributed by atoms with Crippen molar-refractivity contribution in [3.63, 3.8) is 0 Å². The fourth-order valence-corrected chi connectivity index (χ4v) is 2.53. The van der Waals surface area contributed by atoms with Gasteiger partial charge in [0.05, 0.1) is 13.7 Å². The van der Waals surface area contributed by atoms with Crippen LogP contribution in [0.5, 0.6) is 5.75 Å². The van der Waals surface area contributed by atoms with Crippen LogP contribution in [-0.2, 0) is 14.9 Å². The Kier molecular flexibility index (Phi) is 7.64. The molecule has 0 bridgehead atoms. The van der Waals surface area contributed by atoms with E-state index in [4.69, 9.17) is 4.74 Å². The van der Waals surface area contributed by atoms with Crippen LogP contribution in [0.4, 0.5) is 5.69 Å². The van der Waals surface area contributed by atoms with Gasteiger partial charge in [0.25, 0.3) is 0 Å². The van der Waals surface area contributed by atoms with Crippen LogP contribution < -0.4 is 10.1 Å². The summed E-state index contributed by atoms with van der Waals surface area (Å²) in [5.41, 5.74) is 3.11. The van der Waals surface area contributed by atoms with Crippen molar-refractivity contribution in [1.29, 1.82) is 0 Å². The van der Waals surface area contributed by atoms with Crippen molar-refractivity contribution in [3.05, 3.63) is 65.7 Å². The largest absolute Gasteiger partial charge is 0.493 e. The highest BCUT2D eigenvalue weighted by Gasteiger charge is 2.13. The van der Waals surface area contributed by atoms with Gasteiger partial charge < -0.3 is 19.9 Å². The van der Waals surface area contributed by atoms with E-state index in [-0.39, 0.29) is 5.41 Å². The van der Waals surface area contributed by atoms with Gasteiger partial charge in [0.1, 0.15) is 12.0 Å². The summed E-state index contributed by atoms with van der Waals surface area (Å²) in [6, 6.07) is 15.4. The van der Waals surface area contributed by atoms with Crippen molar-refractivity contribution in [1.82, 2.24) is 0 Å². The van der Waals surface area contributed by atoms with Crippen molar-refractivity contribution < 1.29 is 19.4 Å². The molecule has 0 aliphatic heterocycles. The highest BCUT2D eigenvalue weighted by atomic mass is 16.5. The second-order valence-corrected chi connectivity index (χ2v) is 7.55. The molecule has 0 saturated carbocycles. The number of aliphatic hydroxyl groups excluding tert-OH is 1. The summed E-state index contributed by atoms with van der Waals surface area (Å²) in [5.74, 6) is 0.312. The van der Waals surface area contributed by atoms with Gasteiger partial charge >= 0.3 is 5.97 Å². The van der Waals surface area contributed by atoms with Crippen molar-refractivity contribution in [2.24, 2.45) is 0 Å². The molecule has 2 aromatic rings. The molecule has 1 atom stereocenters. The summed E-state index contributed by atoms with van der Waals surface area (Å²) in [6.45, 7) is 6.89. The maximum absolute atomic E-state index is 11.1. The van der Waals surface area contributed by atoms with Crippen molar-refractivity contribution in [2.45, 2.75) is 38.8 Å². The maximum atomic E-state index is 11.1. The fraction of sp³-hybridized carbons (Fsp3) is 0.348. The number of esters is 1. The van der Waals surface area contributed by atoms with E-state index in [2.05, 4.69) is 43.0 Å². The molecule has 0 aliphatic rings. The van der Waals surface area contributed by atoms with E-state index in [1.807, 2.05) is 36.4 Å². The molecule has 0 spiro atoms. The zero-order valence-electron chi connectivity index (χ0n) is 16.9. The topological polar surface area (TPSA) is 67.8 Å². The number of rotatable bonds is 8. The van der Waals surface area contributed by atoms with Crippen LogP contribution in [0.15, 0.2) is 54.6 Å². The van der Waals surface area contributed by atoms with E-state index in [9.17, 15) is 9.90 Å². The monoisotopic (exact) mass is 383 g/mol. The first-order chi connectivity index (χ1) is 13.3. The molecule has 1 unspecified atom stereocenters. The number of anilines is 1. The number of ether oxygens (including phenoxy) is 2. The SMILES string of the molecule is COC(=O)C=Cc1ccc(OCCC(O)Nc2ccc(C(C)(C)C)cc2)cc1. The standard InChI is InChI=1S/C23H29NO4/c1-23(2,3)18-8-10-19(11-9-18)24-21(25)15-16-28-20-12-5-17(6-13-20)7-14-22(26)27-4/h5-14,21,24-25H,15-16H2,1-4H3. The van der Waals surface area contributed by atoms with E-state index < -0.39 is 12.2 Å². The lowest BCUT2D eigenvalue weighted by molar-refractivity contribution is -0.134. The van der Waals surface area contributed by atoms with Crippen LogP contribution in [0.3, 0.4) is 0 Å². The van der Waals surface area contributed by atoms with Crippen LogP contribution in [0.1, 0.15) is 38.3 Å². The Balaban J connectivity index is 1.76. The number of hydrogen-bond donors (Lipinski definition) is 2.